The molecule has 2 unspecified atom stereocenters. The van der Waals surface area contributed by atoms with Crippen LogP contribution in [0, 0.1) is 17.8 Å². The largest absolute Gasteiger partial charge is 0.494 e. The van der Waals surface area contributed by atoms with Crippen LogP contribution in [-0.2, 0) is 11.2 Å². The second kappa shape index (κ2) is 9.92. The molecule has 2 fully saturated rings. The Labute approximate surface area is 191 Å². The molecule has 2 heterocycles. The van der Waals surface area contributed by atoms with Crippen LogP contribution in [0.1, 0.15) is 56.8 Å². The first-order chi connectivity index (χ1) is 15.4. The van der Waals surface area contributed by atoms with Gasteiger partial charge in [0.05, 0.1) is 13.0 Å². The first-order valence-electron chi connectivity index (χ1n) is 11.9. The lowest BCUT2D eigenvalue weighted by atomic mass is 9.90. The second-order valence-electron chi connectivity index (χ2n) is 9.82. The van der Waals surface area contributed by atoms with Crippen molar-refractivity contribution in [2.45, 2.75) is 51.9 Å². The smallest absolute Gasteiger partial charge is 0.324 e. The summed E-state index contributed by atoms with van der Waals surface area (Å²) in [6, 6.07) is 8.60. The van der Waals surface area contributed by atoms with Crippen LogP contribution in [0.3, 0.4) is 0 Å². The van der Waals surface area contributed by atoms with E-state index < -0.39 is 0 Å². The molecule has 1 aliphatic carbocycles. The van der Waals surface area contributed by atoms with Gasteiger partial charge in [0.15, 0.2) is 5.82 Å². The summed E-state index contributed by atoms with van der Waals surface area (Å²) >= 11 is 0. The summed E-state index contributed by atoms with van der Waals surface area (Å²) in [7, 11) is 3.56. The Morgan fingerprint density at radius 3 is 2.56 bits per heavy atom. The Morgan fingerprint density at radius 2 is 1.94 bits per heavy atom. The van der Waals surface area contributed by atoms with Crippen molar-refractivity contribution in [1.29, 1.82) is 0 Å². The number of rotatable bonds is 9. The molecular formula is C25H36N4O3. The number of carbonyl (C=O) groups is 1. The van der Waals surface area contributed by atoms with E-state index in [2.05, 4.69) is 28.9 Å². The van der Waals surface area contributed by atoms with Gasteiger partial charge in [0, 0.05) is 33.1 Å². The molecule has 2 atom stereocenters. The van der Waals surface area contributed by atoms with Crippen LogP contribution in [0.25, 0.3) is 0 Å². The van der Waals surface area contributed by atoms with Crippen molar-refractivity contribution in [2.24, 2.45) is 17.8 Å². The molecule has 0 bridgehead atoms. The van der Waals surface area contributed by atoms with Crippen LogP contribution < -0.4 is 9.64 Å². The number of nitrogens with zero attached hydrogens (tertiary/aromatic N) is 4. The molecule has 174 valence electrons. The Hall–Kier alpha value is -2.57. The number of carbonyl (C=O) groups excluding carboxylic acids is 1. The van der Waals surface area contributed by atoms with Gasteiger partial charge >= 0.3 is 6.01 Å². The fraction of sp³-hybridized carbons (Fsp3) is 0.640. The summed E-state index contributed by atoms with van der Waals surface area (Å²) in [5, 5.41) is 4.09. The van der Waals surface area contributed by atoms with Gasteiger partial charge in [-0.15, -0.1) is 0 Å². The van der Waals surface area contributed by atoms with Crippen LogP contribution in [-0.4, -0.2) is 54.7 Å². The Bertz CT molecular complexity index is 885. The van der Waals surface area contributed by atoms with Gasteiger partial charge in [0.1, 0.15) is 5.75 Å². The monoisotopic (exact) mass is 440 g/mol. The van der Waals surface area contributed by atoms with Gasteiger partial charge in [0.25, 0.3) is 0 Å². The van der Waals surface area contributed by atoms with E-state index in [1.807, 2.05) is 24.3 Å². The molecule has 0 spiro atoms. The van der Waals surface area contributed by atoms with Crippen molar-refractivity contribution in [3.05, 3.63) is 35.7 Å². The molecule has 2 aromatic rings. The van der Waals surface area contributed by atoms with E-state index in [1.165, 1.54) is 19.3 Å². The lowest BCUT2D eigenvalue weighted by molar-refractivity contribution is -0.127. The number of hydrogen-bond donors (Lipinski definition) is 0. The fourth-order valence-corrected chi connectivity index (χ4v) is 4.65. The molecule has 1 amide bonds. The Morgan fingerprint density at radius 1 is 1.22 bits per heavy atom. The van der Waals surface area contributed by atoms with Crippen LogP contribution in [0.5, 0.6) is 5.75 Å². The second-order valence-corrected chi connectivity index (χ2v) is 9.82. The normalized spacial score (nSPS) is 21.1. The summed E-state index contributed by atoms with van der Waals surface area (Å²) < 4.78 is 11.4. The average Bonchev–Trinajstić information content (AvgIpc) is 3.37. The fourth-order valence-electron chi connectivity index (χ4n) is 4.65. The molecule has 1 aromatic carbocycles. The molecule has 0 radical (unpaired) electrons. The predicted octanol–water partition coefficient (Wildman–Crippen LogP) is 4.15. The highest BCUT2D eigenvalue weighted by molar-refractivity contribution is 5.78. The zero-order chi connectivity index (χ0) is 22.7. The molecule has 0 N–H and O–H groups in total. The highest BCUT2D eigenvalue weighted by Crippen LogP contribution is 2.50. The van der Waals surface area contributed by atoms with Gasteiger partial charge in [-0.2, -0.15) is 4.98 Å². The van der Waals surface area contributed by atoms with Gasteiger partial charge in [-0.3, -0.25) is 4.79 Å². The van der Waals surface area contributed by atoms with Crippen LogP contribution in [0.15, 0.2) is 28.8 Å². The lowest BCUT2D eigenvalue weighted by Crippen LogP contribution is -2.34. The lowest BCUT2D eigenvalue weighted by Gasteiger charge is -2.30. The van der Waals surface area contributed by atoms with E-state index in [9.17, 15) is 4.79 Å². The quantitative estimate of drug-likeness (QED) is 0.583. The maximum atomic E-state index is 11.8. The number of likely N-dealkylation sites (N-methyl/N-ethyl adjacent to an activating group) is 1. The van der Waals surface area contributed by atoms with Crippen molar-refractivity contribution >= 4 is 11.9 Å². The first-order valence-corrected chi connectivity index (χ1v) is 11.9. The first kappa shape index (κ1) is 22.6. The maximum absolute atomic E-state index is 11.8. The summed E-state index contributed by atoms with van der Waals surface area (Å²) in [5.74, 6) is 4.52. The Kier molecular flexibility index (Phi) is 7.01. The SMILES string of the molecule is CC(C)c1noc(N2CCC(C3CC3CCOc3ccc(CC(=O)N(C)C)cc3)CC2)n1. The van der Waals surface area contributed by atoms with E-state index in [4.69, 9.17) is 9.26 Å². The van der Waals surface area contributed by atoms with Crippen molar-refractivity contribution in [1.82, 2.24) is 15.0 Å². The molecule has 7 nitrogen and oxygen atoms in total. The number of benzene rings is 1. The number of hydrogen-bond acceptors (Lipinski definition) is 6. The van der Waals surface area contributed by atoms with Crippen LogP contribution in [0.2, 0.25) is 0 Å². The van der Waals surface area contributed by atoms with E-state index >= 15 is 0 Å². The van der Waals surface area contributed by atoms with Gasteiger partial charge in [-0.25, -0.2) is 0 Å². The minimum atomic E-state index is 0.113. The van der Waals surface area contributed by atoms with Crippen LogP contribution >= 0.6 is 0 Å². The van der Waals surface area contributed by atoms with Crippen molar-refractivity contribution < 1.29 is 14.1 Å². The molecule has 1 saturated heterocycles. The van der Waals surface area contributed by atoms with Gasteiger partial charge in [0.2, 0.25) is 5.91 Å². The molecule has 4 rings (SSSR count). The number of anilines is 1. The molecule has 7 heteroatoms. The third-order valence-electron chi connectivity index (χ3n) is 6.88. The van der Waals surface area contributed by atoms with Crippen molar-refractivity contribution in [3.8, 4) is 5.75 Å². The summed E-state index contributed by atoms with van der Waals surface area (Å²) in [6.45, 7) is 6.94. The molecule has 1 aliphatic heterocycles. The van der Waals surface area contributed by atoms with Crippen LogP contribution in [0.4, 0.5) is 6.01 Å². The number of amides is 1. The summed E-state index contributed by atoms with van der Waals surface area (Å²) in [6.07, 6.45) is 5.29. The summed E-state index contributed by atoms with van der Waals surface area (Å²) in [4.78, 5) is 20.2. The van der Waals surface area contributed by atoms with Crippen molar-refractivity contribution in [3.63, 3.8) is 0 Å². The minimum absolute atomic E-state index is 0.113. The van der Waals surface area contributed by atoms with Crippen molar-refractivity contribution in [2.75, 3.05) is 38.7 Å². The van der Waals surface area contributed by atoms with E-state index in [1.54, 1.807) is 19.0 Å². The molecule has 2 aliphatic rings. The molecule has 32 heavy (non-hydrogen) atoms. The number of piperidine rings is 1. The Balaban J connectivity index is 1.14. The highest BCUT2D eigenvalue weighted by Gasteiger charge is 2.43. The van der Waals surface area contributed by atoms with E-state index in [-0.39, 0.29) is 5.91 Å². The number of ether oxygens (including phenoxy) is 1. The standard InChI is InChI=1S/C25H36N4O3/c1-17(2)24-26-25(32-27-24)29-12-9-19(10-13-29)22-16-20(22)11-14-31-21-7-5-18(6-8-21)15-23(30)28(3)4/h5-8,17,19-20,22H,9-16H2,1-4H3. The third kappa shape index (κ3) is 5.61. The molecular weight excluding hydrogens is 404 g/mol. The average molecular weight is 441 g/mol. The highest BCUT2D eigenvalue weighted by atomic mass is 16.5. The van der Waals surface area contributed by atoms with E-state index in [0.717, 1.165) is 61.0 Å². The summed E-state index contributed by atoms with van der Waals surface area (Å²) in [5.41, 5.74) is 1.02. The zero-order valence-electron chi connectivity index (χ0n) is 19.8. The predicted molar refractivity (Wildman–Crippen MR) is 124 cm³/mol. The maximum Gasteiger partial charge on any atom is 0.324 e. The molecule has 1 aromatic heterocycles. The van der Waals surface area contributed by atoms with E-state index in [0.29, 0.717) is 18.4 Å². The molecule has 1 saturated carbocycles. The van der Waals surface area contributed by atoms with Gasteiger partial charge in [-0.1, -0.05) is 31.1 Å². The zero-order valence-corrected chi connectivity index (χ0v) is 19.8. The topological polar surface area (TPSA) is 71.7 Å². The third-order valence-corrected chi connectivity index (χ3v) is 6.88. The van der Waals surface area contributed by atoms with Gasteiger partial charge in [-0.05, 0) is 61.1 Å². The van der Waals surface area contributed by atoms with Gasteiger partial charge < -0.3 is 19.1 Å². The minimum Gasteiger partial charge on any atom is -0.494 e. The number of aromatic nitrogens is 2.